The lowest BCUT2D eigenvalue weighted by atomic mass is 10.2. The minimum absolute atomic E-state index is 0.0139. The predicted octanol–water partition coefficient (Wildman–Crippen LogP) is 3.79. The Kier molecular flexibility index (Phi) is 7.04. The van der Waals surface area contributed by atoms with Crippen LogP contribution >= 0.6 is 0 Å². The van der Waals surface area contributed by atoms with Crippen molar-refractivity contribution in [3.05, 3.63) is 94.5 Å². The van der Waals surface area contributed by atoms with Gasteiger partial charge in [0.15, 0.2) is 0 Å². The van der Waals surface area contributed by atoms with E-state index in [0.717, 1.165) is 0 Å². The SMILES string of the molecule is [2H]c1cc(NC(=O)c2c(C)n(C)n(-c3ccccc3)c2=O)ccc1Oc1ccnc(NC(=O)N2CCOCC2)c1. The molecule has 1 aliphatic heterocycles. The Morgan fingerprint density at radius 3 is 2.54 bits per heavy atom. The highest BCUT2D eigenvalue weighted by Crippen LogP contribution is 2.25. The number of pyridine rings is 1. The van der Waals surface area contributed by atoms with Gasteiger partial charge in [-0.15, -0.1) is 0 Å². The van der Waals surface area contributed by atoms with Gasteiger partial charge in [0.2, 0.25) is 0 Å². The second-order valence-corrected chi connectivity index (χ2v) is 8.84. The summed E-state index contributed by atoms with van der Waals surface area (Å²) in [6.07, 6.45) is 1.49. The molecule has 2 aromatic carbocycles. The molecule has 4 aromatic rings. The summed E-state index contributed by atoms with van der Waals surface area (Å²) in [4.78, 5) is 44.5. The summed E-state index contributed by atoms with van der Waals surface area (Å²) in [7, 11) is 1.72. The normalized spacial score (nSPS) is 13.5. The van der Waals surface area contributed by atoms with E-state index >= 15 is 0 Å². The first kappa shape index (κ1) is 24.4. The first-order chi connectivity index (χ1) is 19.3. The second-order valence-electron chi connectivity index (χ2n) is 8.84. The van der Waals surface area contributed by atoms with Crippen LogP contribution in [0.15, 0.2) is 77.7 Å². The zero-order valence-corrected chi connectivity index (χ0v) is 21.5. The lowest BCUT2D eigenvalue weighted by Gasteiger charge is -2.26. The van der Waals surface area contributed by atoms with E-state index < -0.39 is 11.5 Å². The van der Waals surface area contributed by atoms with Gasteiger partial charge in [0, 0.05) is 38.1 Å². The standard InChI is InChI=1S/C28H28N6O5/c1-19-25(27(36)34(32(19)2)21-6-4-3-5-7-21)26(35)30-20-8-10-22(11-9-20)39-23-12-13-29-24(18-23)31-28(37)33-14-16-38-17-15-33/h3-13,18H,14-17H2,1-2H3,(H,30,35)(H,29,31,37)/i10D. The van der Waals surface area contributed by atoms with Gasteiger partial charge in [-0.2, -0.15) is 0 Å². The van der Waals surface area contributed by atoms with Crippen LogP contribution in [0.1, 0.15) is 17.4 Å². The zero-order valence-electron chi connectivity index (χ0n) is 22.5. The van der Waals surface area contributed by atoms with Crippen molar-refractivity contribution in [3.8, 4) is 17.2 Å². The number of amides is 3. The quantitative estimate of drug-likeness (QED) is 0.392. The van der Waals surface area contributed by atoms with Gasteiger partial charge in [-0.25, -0.2) is 14.5 Å². The molecular weight excluding hydrogens is 500 g/mol. The third-order valence-electron chi connectivity index (χ3n) is 6.32. The third-order valence-corrected chi connectivity index (χ3v) is 6.32. The van der Waals surface area contributed by atoms with Crippen molar-refractivity contribution in [2.75, 3.05) is 36.9 Å². The molecular formula is C28H28N6O5. The molecule has 0 atom stereocenters. The average molecular weight is 530 g/mol. The molecule has 39 heavy (non-hydrogen) atoms. The number of hydrogen-bond acceptors (Lipinski definition) is 6. The molecule has 2 N–H and O–H groups in total. The van der Waals surface area contributed by atoms with Crippen molar-refractivity contribution in [1.29, 1.82) is 0 Å². The average Bonchev–Trinajstić information content (AvgIpc) is 3.18. The van der Waals surface area contributed by atoms with Crippen molar-refractivity contribution in [2.24, 2.45) is 7.05 Å². The van der Waals surface area contributed by atoms with Crippen LogP contribution < -0.4 is 20.9 Å². The molecule has 0 radical (unpaired) electrons. The molecule has 2 aromatic heterocycles. The van der Waals surface area contributed by atoms with Crippen LogP contribution in [0.2, 0.25) is 0 Å². The maximum Gasteiger partial charge on any atom is 0.323 e. The molecule has 3 heterocycles. The molecule has 0 aliphatic carbocycles. The van der Waals surface area contributed by atoms with Crippen LogP contribution in [-0.2, 0) is 11.8 Å². The lowest BCUT2D eigenvalue weighted by Crippen LogP contribution is -2.43. The highest BCUT2D eigenvalue weighted by molar-refractivity contribution is 6.05. The molecule has 0 unspecified atom stereocenters. The molecule has 1 saturated heterocycles. The zero-order chi connectivity index (χ0) is 28.2. The number of rotatable bonds is 6. The molecule has 200 valence electrons. The summed E-state index contributed by atoms with van der Waals surface area (Å²) >= 11 is 0. The number of para-hydroxylation sites is 1. The summed E-state index contributed by atoms with van der Waals surface area (Å²) in [5, 5.41) is 5.45. The van der Waals surface area contributed by atoms with E-state index in [4.69, 9.17) is 10.8 Å². The highest BCUT2D eigenvalue weighted by atomic mass is 16.5. The van der Waals surface area contributed by atoms with Crippen LogP contribution in [0.3, 0.4) is 0 Å². The maximum absolute atomic E-state index is 13.1. The monoisotopic (exact) mass is 529 g/mol. The van der Waals surface area contributed by atoms with Gasteiger partial charge < -0.3 is 19.7 Å². The number of aromatic nitrogens is 3. The van der Waals surface area contributed by atoms with Crippen LogP contribution in [-0.4, -0.2) is 57.5 Å². The molecule has 0 spiro atoms. The Morgan fingerprint density at radius 2 is 1.79 bits per heavy atom. The topological polar surface area (TPSA) is 120 Å². The molecule has 1 aliphatic rings. The van der Waals surface area contributed by atoms with Gasteiger partial charge in [0.05, 0.1) is 26.0 Å². The minimum atomic E-state index is -0.573. The van der Waals surface area contributed by atoms with Gasteiger partial charge in [-0.3, -0.25) is 19.6 Å². The summed E-state index contributed by atoms with van der Waals surface area (Å²) < 4.78 is 22.6. The van der Waals surface area contributed by atoms with Crippen LogP contribution in [0.25, 0.3) is 5.69 Å². The smallest absolute Gasteiger partial charge is 0.323 e. The number of carbonyl (C=O) groups is 2. The van der Waals surface area contributed by atoms with E-state index in [9.17, 15) is 14.4 Å². The van der Waals surface area contributed by atoms with E-state index in [2.05, 4.69) is 15.6 Å². The number of anilines is 2. The number of hydrogen-bond donors (Lipinski definition) is 2. The molecule has 1 fully saturated rings. The van der Waals surface area contributed by atoms with Crippen molar-refractivity contribution >= 4 is 23.4 Å². The van der Waals surface area contributed by atoms with E-state index in [-0.39, 0.29) is 23.4 Å². The van der Waals surface area contributed by atoms with Gasteiger partial charge in [0.1, 0.15) is 22.9 Å². The van der Waals surface area contributed by atoms with Crippen molar-refractivity contribution < 1.29 is 20.4 Å². The van der Waals surface area contributed by atoms with E-state index in [1.165, 1.54) is 16.9 Å². The molecule has 11 heteroatoms. The number of ether oxygens (including phenoxy) is 2. The lowest BCUT2D eigenvalue weighted by molar-refractivity contribution is 0.0564. The Morgan fingerprint density at radius 1 is 1.03 bits per heavy atom. The maximum atomic E-state index is 13.1. The van der Waals surface area contributed by atoms with Crippen LogP contribution in [0.4, 0.5) is 16.3 Å². The molecule has 5 rings (SSSR count). The summed E-state index contributed by atoms with van der Waals surface area (Å²) in [5.74, 6) is 0.343. The Balaban J connectivity index is 1.28. The number of urea groups is 1. The molecule has 11 nitrogen and oxygen atoms in total. The minimum Gasteiger partial charge on any atom is -0.457 e. The van der Waals surface area contributed by atoms with Gasteiger partial charge in [-0.05, 0) is 49.4 Å². The van der Waals surface area contributed by atoms with Crippen molar-refractivity contribution in [3.63, 3.8) is 0 Å². The largest absolute Gasteiger partial charge is 0.457 e. The summed E-state index contributed by atoms with van der Waals surface area (Å²) in [6.45, 7) is 3.68. The summed E-state index contributed by atoms with van der Waals surface area (Å²) in [5.41, 5.74) is 1.06. The number of nitrogens with one attached hydrogen (secondary N) is 2. The first-order valence-corrected chi connectivity index (χ1v) is 12.4. The Labute approximate surface area is 226 Å². The molecule has 0 bridgehead atoms. The van der Waals surface area contributed by atoms with E-state index in [1.807, 2.05) is 18.2 Å². The number of carbonyl (C=O) groups excluding carboxylic acids is 2. The van der Waals surface area contributed by atoms with Gasteiger partial charge in [-0.1, -0.05) is 18.2 Å². The number of morpholine rings is 1. The predicted molar refractivity (Wildman–Crippen MR) is 146 cm³/mol. The molecule has 3 amide bonds. The fourth-order valence-electron chi connectivity index (χ4n) is 4.20. The van der Waals surface area contributed by atoms with Crippen LogP contribution in [0.5, 0.6) is 11.5 Å². The van der Waals surface area contributed by atoms with E-state index in [0.29, 0.717) is 54.9 Å². The van der Waals surface area contributed by atoms with Crippen molar-refractivity contribution in [1.82, 2.24) is 19.2 Å². The van der Waals surface area contributed by atoms with Gasteiger partial charge in [0.25, 0.3) is 11.5 Å². The Bertz CT molecular complexity index is 1610. The molecule has 0 saturated carbocycles. The van der Waals surface area contributed by atoms with Crippen molar-refractivity contribution in [2.45, 2.75) is 6.92 Å². The number of benzene rings is 2. The fraction of sp³-hybridized carbons (Fsp3) is 0.214. The first-order valence-electron chi connectivity index (χ1n) is 12.9. The number of nitrogens with zero attached hydrogens (tertiary/aromatic N) is 4. The third kappa shape index (κ3) is 5.68. The van der Waals surface area contributed by atoms with E-state index in [1.54, 1.807) is 60.0 Å². The second kappa shape index (κ2) is 11.2. The Hall–Kier alpha value is -4.90. The van der Waals surface area contributed by atoms with Gasteiger partial charge >= 0.3 is 6.03 Å². The highest BCUT2D eigenvalue weighted by Gasteiger charge is 2.22. The summed E-state index contributed by atoms with van der Waals surface area (Å²) in [6, 6.07) is 16.5. The van der Waals surface area contributed by atoms with Crippen LogP contribution in [0, 0.1) is 6.92 Å². The fourth-order valence-corrected chi connectivity index (χ4v) is 4.20.